The van der Waals surface area contributed by atoms with Gasteiger partial charge in [-0.1, -0.05) is 54.6 Å². The van der Waals surface area contributed by atoms with Gasteiger partial charge in [-0.2, -0.15) is 0 Å². The van der Waals surface area contributed by atoms with Crippen molar-refractivity contribution in [2.75, 3.05) is 6.54 Å². The SMILES string of the molecule is O=C(CN1C(=O)C2C3C=CC(C3)C2C1=O)OCc1cccc2ccccc12. The zero-order valence-electron chi connectivity index (χ0n) is 14.7. The lowest BCUT2D eigenvalue weighted by Gasteiger charge is -2.16. The van der Waals surface area contributed by atoms with Gasteiger partial charge in [-0.05, 0) is 34.6 Å². The zero-order chi connectivity index (χ0) is 18.5. The molecule has 0 spiro atoms. The second kappa shape index (κ2) is 6.05. The molecular weight excluding hydrogens is 342 g/mol. The Kier molecular flexibility index (Phi) is 3.64. The fraction of sp³-hybridized carbons (Fsp3) is 0.318. The summed E-state index contributed by atoms with van der Waals surface area (Å²) in [6, 6.07) is 13.7. The first-order chi connectivity index (χ1) is 13.1. The van der Waals surface area contributed by atoms with E-state index in [1.807, 2.05) is 54.6 Å². The van der Waals surface area contributed by atoms with Gasteiger partial charge in [0.1, 0.15) is 13.2 Å². The van der Waals surface area contributed by atoms with E-state index in [0.29, 0.717) is 0 Å². The molecule has 1 aliphatic heterocycles. The van der Waals surface area contributed by atoms with Crippen LogP contribution in [0.4, 0.5) is 0 Å². The summed E-state index contributed by atoms with van der Waals surface area (Å²) in [5, 5.41) is 2.10. The molecule has 1 saturated carbocycles. The first-order valence-electron chi connectivity index (χ1n) is 9.29. The third-order valence-electron chi connectivity index (χ3n) is 6.12. The van der Waals surface area contributed by atoms with Gasteiger partial charge in [0, 0.05) is 0 Å². The minimum Gasteiger partial charge on any atom is -0.459 e. The molecule has 5 heteroatoms. The number of ether oxygens (including phenoxy) is 1. The van der Waals surface area contributed by atoms with Gasteiger partial charge in [-0.25, -0.2) is 0 Å². The van der Waals surface area contributed by atoms with Crippen LogP contribution in [0.2, 0.25) is 0 Å². The number of fused-ring (bicyclic) bond motifs is 6. The molecule has 2 aromatic rings. The van der Waals surface area contributed by atoms with Crippen LogP contribution in [0.25, 0.3) is 10.8 Å². The van der Waals surface area contributed by atoms with Crippen LogP contribution in [0.15, 0.2) is 54.6 Å². The summed E-state index contributed by atoms with van der Waals surface area (Å²) in [5.74, 6) is -1.25. The predicted molar refractivity (Wildman–Crippen MR) is 98.2 cm³/mol. The molecule has 2 fully saturated rings. The Morgan fingerprint density at radius 2 is 1.63 bits per heavy atom. The number of benzene rings is 2. The van der Waals surface area contributed by atoms with Crippen molar-refractivity contribution in [2.24, 2.45) is 23.7 Å². The van der Waals surface area contributed by atoms with Gasteiger partial charge in [0.15, 0.2) is 0 Å². The standard InChI is InChI=1S/C22H19NO4/c24-18(27-12-16-6-3-5-13-4-1-2-7-17(13)16)11-23-21(25)19-14-8-9-15(10-14)20(19)22(23)26/h1-9,14-15,19-20H,10-12H2. The highest BCUT2D eigenvalue weighted by Gasteiger charge is 2.59. The number of nitrogens with zero attached hydrogens (tertiary/aromatic N) is 1. The van der Waals surface area contributed by atoms with E-state index in [4.69, 9.17) is 4.74 Å². The van der Waals surface area contributed by atoms with Crippen molar-refractivity contribution in [1.29, 1.82) is 0 Å². The van der Waals surface area contributed by atoms with E-state index in [0.717, 1.165) is 27.7 Å². The largest absolute Gasteiger partial charge is 0.459 e. The molecule has 1 heterocycles. The summed E-state index contributed by atoms with van der Waals surface area (Å²) < 4.78 is 5.39. The average Bonchev–Trinajstić information content (AvgIpc) is 3.36. The molecule has 0 N–H and O–H groups in total. The van der Waals surface area contributed by atoms with Crippen LogP contribution in [0.1, 0.15) is 12.0 Å². The minimum absolute atomic E-state index is 0.121. The Morgan fingerprint density at radius 1 is 0.963 bits per heavy atom. The molecule has 0 aromatic heterocycles. The summed E-state index contributed by atoms with van der Waals surface area (Å²) in [7, 11) is 0. The lowest BCUT2D eigenvalue weighted by molar-refractivity contribution is -0.154. The number of amides is 2. The third-order valence-corrected chi connectivity index (χ3v) is 6.12. The molecule has 1 saturated heterocycles. The Morgan fingerprint density at radius 3 is 2.37 bits per heavy atom. The monoisotopic (exact) mass is 361 g/mol. The van der Waals surface area contributed by atoms with E-state index in [9.17, 15) is 14.4 Å². The maximum Gasteiger partial charge on any atom is 0.326 e. The van der Waals surface area contributed by atoms with Crippen molar-refractivity contribution in [3.05, 3.63) is 60.2 Å². The van der Waals surface area contributed by atoms with E-state index in [2.05, 4.69) is 0 Å². The van der Waals surface area contributed by atoms with Crippen LogP contribution in [0.5, 0.6) is 0 Å². The van der Waals surface area contributed by atoms with Gasteiger partial charge in [0.2, 0.25) is 11.8 Å². The number of esters is 1. The van der Waals surface area contributed by atoms with E-state index >= 15 is 0 Å². The summed E-state index contributed by atoms with van der Waals surface area (Å²) in [4.78, 5) is 38.7. The number of imide groups is 1. The van der Waals surface area contributed by atoms with Crippen LogP contribution < -0.4 is 0 Å². The molecule has 5 rings (SSSR count). The number of hydrogen-bond donors (Lipinski definition) is 0. The van der Waals surface area contributed by atoms with Gasteiger partial charge in [0.25, 0.3) is 0 Å². The van der Waals surface area contributed by atoms with Crippen molar-refractivity contribution in [1.82, 2.24) is 4.90 Å². The maximum atomic E-state index is 12.6. The Hall–Kier alpha value is -2.95. The van der Waals surface area contributed by atoms with Gasteiger partial charge >= 0.3 is 5.97 Å². The Balaban J connectivity index is 1.26. The highest BCUT2D eigenvalue weighted by atomic mass is 16.5. The number of allylic oxidation sites excluding steroid dienone is 2. The van der Waals surface area contributed by atoms with Crippen LogP contribution in [-0.2, 0) is 25.7 Å². The fourth-order valence-electron chi connectivity index (χ4n) is 4.87. The van der Waals surface area contributed by atoms with Gasteiger partial charge in [0.05, 0.1) is 11.8 Å². The molecule has 3 aliphatic rings. The van der Waals surface area contributed by atoms with Crippen molar-refractivity contribution >= 4 is 28.6 Å². The summed E-state index contributed by atoms with van der Waals surface area (Å²) in [6.07, 6.45) is 4.96. The summed E-state index contributed by atoms with van der Waals surface area (Å²) >= 11 is 0. The first kappa shape index (κ1) is 16.2. The van der Waals surface area contributed by atoms with Crippen LogP contribution in [0.3, 0.4) is 0 Å². The highest BCUT2D eigenvalue weighted by Crippen LogP contribution is 2.52. The lowest BCUT2D eigenvalue weighted by Crippen LogP contribution is -2.37. The van der Waals surface area contributed by atoms with Crippen LogP contribution in [0, 0.1) is 23.7 Å². The van der Waals surface area contributed by atoms with Crippen molar-refractivity contribution in [3.8, 4) is 0 Å². The quantitative estimate of drug-likeness (QED) is 0.477. The fourth-order valence-corrected chi connectivity index (χ4v) is 4.87. The normalized spacial score (nSPS) is 28.2. The average molecular weight is 361 g/mol. The smallest absolute Gasteiger partial charge is 0.326 e. The van der Waals surface area contributed by atoms with E-state index in [-0.39, 0.29) is 48.6 Å². The first-order valence-corrected chi connectivity index (χ1v) is 9.29. The van der Waals surface area contributed by atoms with Crippen LogP contribution in [-0.4, -0.2) is 29.2 Å². The molecule has 2 amide bonds. The minimum atomic E-state index is -0.551. The number of rotatable bonds is 4. The van der Waals surface area contributed by atoms with Crippen molar-refractivity contribution < 1.29 is 19.1 Å². The van der Waals surface area contributed by atoms with E-state index < -0.39 is 5.97 Å². The second-order valence-corrected chi connectivity index (χ2v) is 7.56. The molecule has 2 aromatic carbocycles. The number of carbonyl (C=O) groups is 3. The third kappa shape index (κ3) is 2.49. The molecule has 0 radical (unpaired) electrons. The predicted octanol–water partition coefficient (Wildman–Crippen LogP) is 2.69. The Bertz CT molecular complexity index is 959. The highest BCUT2D eigenvalue weighted by molar-refractivity contribution is 6.08. The van der Waals surface area contributed by atoms with E-state index in [1.165, 1.54) is 0 Å². The zero-order valence-corrected chi connectivity index (χ0v) is 14.7. The lowest BCUT2D eigenvalue weighted by atomic mass is 9.85. The molecule has 2 aliphatic carbocycles. The van der Waals surface area contributed by atoms with Gasteiger partial charge < -0.3 is 4.74 Å². The van der Waals surface area contributed by atoms with E-state index in [1.54, 1.807) is 0 Å². The summed E-state index contributed by atoms with van der Waals surface area (Å²) in [6.45, 7) is -0.176. The van der Waals surface area contributed by atoms with Gasteiger partial charge in [-0.3, -0.25) is 19.3 Å². The topological polar surface area (TPSA) is 63.7 Å². The maximum absolute atomic E-state index is 12.6. The Labute approximate surface area is 156 Å². The number of hydrogen-bond acceptors (Lipinski definition) is 4. The molecule has 136 valence electrons. The molecule has 27 heavy (non-hydrogen) atoms. The van der Waals surface area contributed by atoms with Crippen molar-refractivity contribution in [2.45, 2.75) is 13.0 Å². The number of carbonyl (C=O) groups excluding carboxylic acids is 3. The number of likely N-dealkylation sites (tertiary alicyclic amines) is 1. The van der Waals surface area contributed by atoms with Gasteiger partial charge in [-0.15, -0.1) is 0 Å². The molecular formula is C22H19NO4. The molecule has 5 nitrogen and oxygen atoms in total. The van der Waals surface area contributed by atoms with Crippen LogP contribution >= 0.6 is 0 Å². The van der Waals surface area contributed by atoms with Crippen molar-refractivity contribution in [3.63, 3.8) is 0 Å². The second-order valence-electron chi connectivity index (χ2n) is 7.56. The molecule has 4 unspecified atom stereocenters. The summed E-state index contributed by atoms with van der Waals surface area (Å²) in [5.41, 5.74) is 0.902. The molecule has 4 atom stereocenters. The molecule has 2 bridgehead atoms.